The number of fused-ring (bicyclic) bond motifs is 1. The van der Waals surface area contributed by atoms with E-state index in [1.807, 2.05) is 22.2 Å². The van der Waals surface area contributed by atoms with Crippen LogP contribution in [0.25, 0.3) is 16.3 Å². The van der Waals surface area contributed by atoms with Gasteiger partial charge in [-0.2, -0.15) is 0 Å². The Hall–Kier alpha value is -2.48. The molecule has 6 nitrogen and oxygen atoms in total. The molecule has 0 spiro atoms. The number of aromatic nitrogens is 3. The first-order valence-corrected chi connectivity index (χ1v) is 8.15. The molecule has 4 heterocycles. The van der Waals surface area contributed by atoms with Crippen LogP contribution in [0.3, 0.4) is 0 Å². The summed E-state index contributed by atoms with van der Waals surface area (Å²) in [5.41, 5.74) is 2.15. The molecule has 1 N–H and O–H groups in total. The van der Waals surface area contributed by atoms with Gasteiger partial charge in [0.05, 0.1) is 6.54 Å². The van der Waals surface area contributed by atoms with Gasteiger partial charge in [-0.1, -0.05) is 0 Å². The molecular weight excluding hydrogens is 317 g/mol. The van der Waals surface area contributed by atoms with Crippen molar-refractivity contribution in [2.75, 3.05) is 18.4 Å². The summed E-state index contributed by atoms with van der Waals surface area (Å²) < 4.78 is 15.1. The summed E-state index contributed by atoms with van der Waals surface area (Å²) in [5, 5.41) is 5.55. The van der Waals surface area contributed by atoms with Crippen molar-refractivity contribution in [1.82, 2.24) is 19.3 Å². The first-order chi connectivity index (χ1) is 11.2. The number of urea groups is 1. The minimum Gasteiger partial charge on any atom is -0.322 e. The van der Waals surface area contributed by atoms with Crippen LogP contribution in [0.15, 0.2) is 36.1 Å². The van der Waals surface area contributed by atoms with Crippen LogP contribution in [0.2, 0.25) is 0 Å². The number of alkyl halides is 1. The number of rotatable bonds is 2. The normalized spacial score (nSPS) is 17.8. The first kappa shape index (κ1) is 14.1. The van der Waals surface area contributed by atoms with Crippen molar-refractivity contribution in [3.05, 3.63) is 36.1 Å². The summed E-state index contributed by atoms with van der Waals surface area (Å²) in [7, 11) is 0. The Morgan fingerprint density at radius 3 is 3.13 bits per heavy atom. The van der Waals surface area contributed by atoms with Crippen molar-refractivity contribution >= 4 is 28.7 Å². The standard InChI is InChI=1S/C15H14FN5OS/c16-10-1-4-21(8-10)15(22)18-11-2-5-20-9-12(19-13(20)7-11)14-17-3-6-23-14/h2-3,5-7,9-10H,1,4,8H2,(H,18,22)/t10-/m0/s1. The van der Waals surface area contributed by atoms with Crippen LogP contribution in [-0.2, 0) is 0 Å². The molecule has 1 atom stereocenters. The van der Waals surface area contributed by atoms with Gasteiger partial charge in [0.15, 0.2) is 0 Å². The number of likely N-dealkylation sites (tertiary alicyclic amines) is 1. The first-order valence-electron chi connectivity index (χ1n) is 7.28. The van der Waals surface area contributed by atoms with Gasteiger partial charge in [-0.3, -0.25) is 0 Å². The Labute approximate surface area is 135 Å². The number of nitrogens with zero attached hydrogens (tertiary/aromatic N) is 4. The molecule has 0 saturated carbocycles. The van der Waals surface area contributed by atoms with E-state index in [0.717, 1.165) is 16.3 Å². The van der Waals surface area contributed by atoms with Crippen LogP contribution in [0.4, 0.5) is 14.9 Å². The quantitative estimate of drug-likeness (QED) is 0.785. The van der Waals surface area contributed by atoms with Gasteiger partial charge in [-0.25, -0.2) is 19.2 Å². The van der Waals surface area contributed by atoms with Crippen LogP contribution < -0.4 is 5.32 Å². The average Bonchev–Trinajstić information content (AvgIpc) is 3.26. The van der Waals surface area contributed by atoms with E-state index in [4.69, 9.17) is 0 Å². The van der Waals surface area contributed by atoms with E-state index in [0.29, 0.717) is 18.7 Å². The van der Waals surface area contributed by atoms with Gasteiger partial charge in [-0.15, -0.1) is 11.3 Å². The fourth-order valence-corrected chi connectivity index (χ4v) is 3.21. The number of imidazole rings is 1. The van der Waals surface area contributed by atoms with Crippen molar-refractivity contribution in [3.8, 4) is 10.7 Å². The van der Waals surface area contributed by atoms with Gasteiger partial charge in [0, 0.05) is 42.3 Å². The van der Waals surface area contributed by atoms with Crippen molar-refractivity contribution < 1.29 is 9.18 Å². The molecule has 1 aliphatic heterocycles. The van der Waals surface area contributed by atoms with Crippen molar-refractivity contribution in [3.63, 3.8) is 0 Å². The molecule has 0 aliphatic carbocycles. The Morgan fingerprint density at radius 1 is 1.48 bits per heavy atom. The highest BCUT2D eigenvalue weighted by atomic mass is 32.1. The number of carbonyl (C=O) groups is 1. The lowest BCUT2D eigenvalue weighted by molar-refractivity contribution is 0.218. The van der Waals surface area contributed by atoms with E-state index in [2.05, 4.69) is 15.3 Å². The van der Waals surface area contributed by atoms with E-state index in [1.54, 1.807) is 18.3 Å². The molecule has 0 aromatic carbocycles. The molecule has 1 fully saturated rings. The van der Waals surface area contributed by atoms with Crippen molar-refractivity contribution in [2.24, 2.45) is 0 Å². The SMILES string of the molecule is O=C(Nc1ccn2cc(-c3nccs3)nc2c1)N1CC[C@H](F)C1. The molecule has 1 aliphatic rings. The van der Waals surface area contributed by atoms with Crippen LogP contribution in [0.1, 0.15) is 6.42 Å². The second-order valence-electron chi connectivity index (χ2n) is 5.41. The largest absolute Gasteiger partial charge is 0.322 e. The van der Waals surface area contributed by atoms with Gasteiger partial charge >= 0.3 is 6.03 Å². The van der Waals surface area contributed by atoms with E-state index >= 15 is 0 Å². The predicted octanol–water partition coefficient (Wildman–Crippen LogP) is 3.03. The van der Waals surface area contributed by atoms with Gasteiger partial charge in [0.2, 0.25) is 0 Å². The second-order valence-corrected chi connectivity index (χ2v) is 6.30. The predicted molar refractivity (Wildman–Crippen MR) is 86.4 cm³/mol. The maximum absolute atomic E-state index is 13.2. The zero-order chi connectivity index (χ0) is 15.8. The van der Waals surface area contributed by atoms with Crippen LogP contribution >= 0.6 is 11.3 Å². The molecule has 0 bridgehead atoms. The fourth-order valence-electron chi connectivity index (χ4n) is 2.62. The van der Waals surface area contributed by atoms with Gasteiger partial charge in [-0.05, 0) is 12.5 Å². The minimum atomic E-state index is -0.920. The monoisotopic (exact) mass is 331 g/mol. The summed E-state index contributed by atoms with van der Waals surface area (Å²) in [4.78, 5) is 22.3. The Kier molecular flexibility index (Phi) is 3.45. The van der Waals surface area contributed by atoms with E-state index in [-0.39, 0.29) is 12.6 Å². The number of hydrogen-bond donors (Lipinski definition) is 1. The summed E-state index contributed by atoms with van der Waals surface area (Å²) in [6.45, 7) is 0.610. The number of pyridine rings is 1. The summed E-state index contributed by atoms with van der Waals surface area (Å²) >= 11 is 1.52. The molecule has 8 heteroatoms. The molecule has 3 aromatic heterocycles. The van der Waals surface area contributed by atoms with Gasteiger partial charge in [0.1, 0.15) is 22.5 Å². The minimum absolute atomic E-state index is 0.158. The zero-order valence-corrected chi connectivity index (χ0v) is 13.0. The number of amides is 2. The van der Waals surface area contributed by atoms with Crippen molar-refractivity contribution in [1.29, 1.82) is 0 Å². The average molecular weight is 331 g/mol. The molecule has 118 valence electrons. The van der Waals surface area contributed by atoms with Crippen LogP contribution in [0.5, 0.6) is 0 Å². The third-order valence-corrected chi connectivity index (χ3v) is 4.58. The highest BCUT2D eigenvalue weighted by Crippen LogP contribution is 2.23. The van der Waals surface area contributed by atoms with E-state index in [9.17, 15) is 9.18 Å². The summed E-state index contributed by atoms with van der Waals surface area (Å²) in [6, 6.07) is 3.31. The lowest BCUT2D eigenvalue weighted by Crippen LogP contribution is -2.33. The topological polar surface area (TPSA) is 62.5 Å². The van der Waals surface area contributed by atoms with E-state index in [1.165, 1.54) is 16.2 Å². The van der Waals surface area contributed by atoms with Crippen LogP contribution in [0, 0.1) is 0 Å². The molecule has 3 aromatic rings. The molecular formula is C15H14FN5OS. The zero-order valence-electron chi connectivity index (χ0n) is 12.1. The molecule has 0 radical (unpaired) electrons. The number of anilines is 1. The molecule has 0 unspecified atom stereocenters. The molecule has 4 rings (SSSR count). The third-order valence-electron chi connectivity index (χ3n) is 3.78. The third kappa shape index (κ3) is 2.77. The maximum Gasteiger partial charge on any atom is 0.321 e. The Bertz CT molecular complexity index is 847. The Balaban J connectivity index is 1.55. The lowest BCUT2D eigenvalue weighted by atomic mass is 10.3. The lowest BCUT2D eigenvalue weighted by Gasteiger charge is -2.16. The number of hydrogen-bond acceptors (Lipinski definition) is 4. The number of thiazole rings is 1. The number of halogens is 1. The smallest absolute Gasteiger partial charge is 0.321 e. The molecule has 2 amide bonds. The van der Waals surface area contributed by atoms with E-state index < -0.39 is 6.17 Å². The molecule has 23 heavy (non-hydrogen) atoms. The summed E-state index contributed by atoms with van der Waals surface area (Å²) in [5.74, 6) is 0. The second kappa shape index (κ2) is 5.62. The highest BCUT2D eigenvalue weighted by Gasteiger charge is 2.25. The van der Waals surface area contributed by atoms with Gasteiger partial charge in [0.25, 0.3) is 0 Å². The molecule has 1 saturated heterocycles. The summed E-state index contributed by atoms with van der Waals surface area (Å²) in [6.07, 6.45) is 4.95. The highest BCUT2D eigenvalue weighted by molar-refractivity contribution is 7.13. The Morgan fingerprint density at radius 2 is 2.39 bits per heavy atom. The van der Waals surface area contributed by atoms with Crippen molar-refractivity contribution in [2.45, 2.75) is 12.6 Å². The van der Waals surface area contributed by atoms with Crippen LogP contribution in [-0.4, -0.2) is 44.6 Å². The fraction of sp³-hybridized carbons (Fsp3) is 0.267. The van der Waals surface area contributed by atoms with Gasteiger partial charge < -0.3 is 14.6 Å². The number of nitrogens with one attached hydrogen (secondary N) is 1. The number of carbonyl (C=O) groups excluding carboxylic acids is 1. The maximum atomic E-state index is 13.2.